The van der Waals surface area contributed by atoms with Crippen molar-refractivity contribution in [3.8, 4) is 0 Å². The van der Waals surface area contributed by atoms with Gasteiger partial charge in [-0.15, -0.1) is 0 Å². The summed E-state index contributed by atoms with van der Waals surface area (Å²) in [5, 5.41) is 7.68. The lowest BCUT2D eigenvalue weighted by molar-refractivity contribution is 0.228. The van der Waals surface area contributed by atoms with Gasteiger partial charge in [0.25, 0.3) is 0 Å². The normalized spacial score (nSPS) is 19.4. The Kier molecular flexibility index (Phi) is 5.98. The standard InChI is InChI=1S/C15H28N4O/c1-4-5-9-19(10-13-7-6-8-16-13)11-14-17-15(12(2)3)20-18-14/h12-13,16H,4-11H2,1-3H3. The first-order valence-corrected chi connectivity index (χ1v) is 7.97. The molecule has 2 heterocycles. The molecule has 1 atom stereocenters. The molecule has 0 bridgehead atoms. The number of hydrogen-bond acceptors (Lipinski definition) is 5. The van der Waals surface area contributed by atoms with E-state index in [2.05, 4.69) is 41.1 Å². The maximum atomic E-state index is 5.30. The lowest BCUT2D eigenvalue weighted by Gasteiger charge is -2.24. The van der Waals surface area contributed by atoms with Gasteiger partial charge in [0.2, 0.25) is 5.89 Å². The molecular formula is C15H28N4O. The number of unbranched alkanes of at least 4 members (excludes halogenated alkanes) is 1. The van der Waals surface area contributed by atoms with Crippen LogP contribution in [0, 0.1) is 0 Å². The van der Waals surface area contributed by atoms with Gasteiger partial charge in [0.05, 0.1) is 6.54 Å². The molecule has 0 aliphatic carbocycles. The molecule has 1 aliphatic heterocycles. The minimum atomic E-state index is 0.303. The molecule has 1 unspecified atom stereocenters. The summed E-state index contributed by atoms with van der Waals surface area (Å²) in [6.45, 7) is 10.5. The number of nitrogens with one attached hydrogen (secondary N) is 1. The fourth-order valence-electron chi connectivity index (χ4n) is 2.61. The van der Waals surface area contributed by atoms with Crippen LogP contribution in [-0.4, -0.2) is 40.7 Å². The molecule has 114 valence electrons. The second-order valence-electron chi connectivity index (χ2n) is 6.09. The summed E-state index contributed by atoms with van der Waals surface area (Å²) < 4.78 is 5.30. The molecule has 1 fully saturated rings. The van der Waals surface area contributed by atoms with Gasteiger partial charge in [-0.1, -0.05) is 32.3 Å². The molecule has 0 amide bonds. The molecule has 1 aromatic heterocycles. The molecule has 1 saturated heterocycles. The van der Waals surface area contributed by atoms with Crippen molar-refractivity contribution in [3.63, 3.8) is 0 Å². The molecule has 1 N–H and O–H groups in total. The zero-order chi connectivity index (χ0) is 14.4. The average molecular weight is 280 g/mol. The number of aromatic nitrogens is 2. The quantitative estimate of drug-likeness (QED) is 0.793. The van der Waals surface area contributed by atoms with Gasteiger partial charge < -0.3 is 9.84 Å². The Morgan fingerprint density at radius 2 is 2.30 bits per heavy atom. The molecule has 0 radical (unpaired) electrons. The van der Waals surface area contributed by atoms with E-state index in [0.29, 0.717) is 12.0 Å². The van der Waals surface area contributed by atoms with E-state index in [1.807, 2.05) is 0 Å². The zero-order valence-electron chi connectivity index (χ0n) is 13.1. The Bertz CT molecular complexity index is 385. The molecule has 5 nitrogen and oxygen atoms in total. The van der Waals surface area contributed by atoms with Crippen molar-refractivity contribution >= 4 is 0 Å². The molecule has 1 aliphatic rings. The van der Waals surface area contributed by atoms with Crippen LogP contribution < -0.4 is 5.32 Å². The van der Waals surface area contributed by atoms with E-state index < -0.39 is 0 Å². The molecule has 5 heteroatoms. The Hall–Kier alpha value is -0.940. The monoisotopic (exact) mass is 280 g/mol. The van der Waals surface area contributed by atoms with Crippen LogP contribution in [0.2, 0.25) is 0 Å². The van der Waals surface area contributed by atoms with Crippen molar-refractivity contribution in [2.75, 3.05) is 19.6 Å². The third-order valence-electron chi connectivity index (χ3n) is 3.81. The van der Waals surface area contributed by atoms with Crippen LogP contribution >= 0.6 is 0 Å². The van der Waals surface area contributed by atoms with Crippen LogP contribution in [0.5, 0.6) is 0 Å². The molecule has 1 aromatic rings. The van der Waals surface area contributed by atoms with E-state index in [0.717, 1.165) is 37.9 Å². The van der Waals surface area contributed by atoms with Crippen LogP contribution in [0.1, 0.15) is 64.1 Å². The van der Waals surface area contributed by atoms with Gasteiger partial charge >= 0.3 is 0 Å². The average Bonchev–Trinajstić information content (AvgIpc) is 3.07. The lowest BCUT2D eigenvalue weighted by Crippen LogP contribution is -2.38. The van der Waals surface area contributed by atoms with Gasteiger partial charge in [-0.05, 0) is 32.4 Å². The third-order valence-corrected chi connectivity index (χ3v) is 3.81. The van der Waals surface area contributed by atoms with E-state index in [1.165, 1.54) is 25.7 Å². The van der Waals surface area contributed by atoms with Crippen molar-refractivity contribution in [2.24, 2.45) is 0 Å². The first kappa shape index (κ1) is 15.4. The lowest BCUT2D eigenvalue weighted by atomic mass is 10.2. The molecule has 20 heavy (non-hydrogen) atoms. The van der Waals surface area contributed by atoms with Gasteiger partial charge in [-0.3, -0.25) is 4.90 Å². The highest BCUT2D eigenvalue weighted by Crippen LogP contribution is 2.13. The summed E-state index contributed by atoms with van der Waals surface area (Å²) >= 11 is 0. The molecular weight excluding hydrogens is 252 g/mol. The summed E-state index contributed by atoms with van der Waals surface area (Å²) in [6.07, 6.45) is 5.03. The molecule has 0 spiro atoms. The first-order valence-electron chi connectivity index (χ1n) is 7.97. The largest absolute Gasteiger partial charge is 0.339 e. The van der Waals surface area contributed by atoms with Gasteiger partial charge in [-0.25, -0.2) is 0 Å². The van der Waals surface area contributed by atoms with Gasteiger partial charge in [0, 0.05) is 18.5 Å². The summed E-state index contributed by atoms with van der Waals surface area (Å²) in [4.78, 5) is 6.95. The minimum absolute atomic E-state index is 0.303. The van der Waals surface area contributed by atoms with E-state index >= 15 is 0 Å². The van der Waals surface area contributed by atoms with Crippen molar-refractivity contribution in [1.29, 1.82) is 0 Å². The second kappa shape index (κ2) is 7.74. The predicted molar refractivity (Wildman–Crippen MR) is 79.6 cm³/mol. The SMILES string of the molecule is CCCCN(Cc1noc(C(C)C)n1)CC1CCCN1. The van der Waals surface area contributed by atoms with Crippen molar-refractivity contribution < 1.29 is 4.52 Å². The van der Waals surface area contributed by atoms with Crippen LogP contribution in [0.4, 0.5) is 0 Å². The maximum Gasteiger partial charge on any atom is 0.229 e. The summed E-state index contributed by atoms with van der Waals surface area (Å²) in [6, 6.07) is 0.628. The predicted octanol–water partition coefficient (Wildman–Crippen LogP) is 2.55. The Morgan fingerprint density at radius 1 is 1.45 bits per heavy atom. The first-order chi connectivity index (χ1) is 9.69. The van der Waals surface area contributed by atoms with E-state index in [1.54, 1.807) is 0 Å². The zero-order valence-corrected chi connectivity index (χ0v) is 13.1. The van der Waals surface area contributed by atoms with Crippen LogP contribution in [0.15, 0.2) is 4.52 Å². The van der Waals surface area contributed by atoms with Gasteiger partial charge in [0.1, 0.15) is 0 Å². The summed E-state index contributed by atoms with van der Waals surface area (Å²) in [7, 11) is 0. The van der Waals surface area contributed by atoms with E-state index in [-0.39, 0.29) is 0 Å². The third kappa shape index (κ3) is 4.56. The highest BCUT2D eigenvalue weighted by atomic mass is 16.5. The van der Waals surface area contributed by atoms with Crippen molar-refractivity contribution in [3.05, 3.63) is 11.7 Å². The van der Waals surface area contributed by atoms with E-state index in [4.69, 9.17) is 4.52 Å². The molecule has 2 rings (SSSR count). The van der Waals surface area contributed by atoms with Crippen LogP contribution in [0.3, 0.4) is 0 Å². The van der Waals surface area contributed by atoms with E-state index in [9.17, 15) is 0 Å². The fraction of sp³-hybridized carbons (Fsp3) is 0.867. The second-order valence-corrected chi connectivity index (χ2v) is 6.09. The molecule has 0 saturated carbocycles. The Labute approximate surface area is 122 Å². The Balaban J connectivity index is 1.90. The van der Waals surface area contributed by atoms with Gasteiger partial charge in [-0.2, -0.15) is 4.98 Å². The molecule has 0 aromatic carbocycles. The highest BCUT2D eigenvalue weighted by Gasteiger charge is 2.19. The Morgan fingerprint density at radius 3 is 2.90 bits per heavy atom. The topological polar surface area (TPSA) is 54.2 Å². The summed E-state index contributed by atoms with van der Waals surface area (Å²) in [5.74, 6) is 1.87. The van der Waals surface area contributed by atoms with Crippen molar-refractivity contribution in [2.45, 2.75) is 65.0 Å². The smallest absolute Gasteiger partial charge is 0.229 e. The van der Waals surface area contributed by atoms with Crippen LogP contribution in [-0.2, 0) is 6.54 Å². The summed E-state index contributed by atoms with van der Waals surface area (Å²) in [5.41, 5.74) is 0. The van der Waals surface area contributed by atoms with Crippen LogP contribution in [0.25, 0.3) is 0 Å². The minimum Gasteiger partial charge on any atom is -0.339 e. The fourth-order valence-corrected chi connectivity index (χ4v) is 2.61. The van der Waals surface area contributed by atoms with Gasteiger partial charge in [0.15, 0.2) is 5.82 Å². The maximum absolute atomic E-state index is 5.30. The van der Waals surface area contributed by atoms with Crippen molar-refractivity contribution in [1.82, 2.24) is 20.4 Å². The number of rotatable bonds is 8. The number of nitrogens with zero attached hydrogens (tertiary/aromatic N) is 3. The number of hydrogen-bond donors (Lipinski definition) is 1. The highest BCUT2D eigenvalue weighted by molar-refractivity contribution is 4.91.